The molecule has 2 aromatic carbocycles. The molecule has 6 nitrogen and oxygen atoms in total. The summed E-state index contributed by atoms with van der Waals surface area (Å²) in [6.07, 6.45) is 2.48. The number of fused-ring (bicyclic) bond motifs is 1. The molecule has 3 rings (SSSR count). The first kappa shape index (κ1) is 16.9. The minimum Gasteiger partial charge on any atom is -0.258 e. The van der Waals surface area contributed by atoms with Gasteiger partial charge in [-0.1, -0.05) is 35.9 Å². The molecule has 0 aliphatic heterocycles. The molecule has 0 unspecified atom stereocenters. The molecule has 1 aliphatic rings. The second kappa shape index (κ2) is 6.51. The van der Waals surface area contributed by atoms with Gasteiger partial charge >= 0.3 is 0 Å². The van der Waals surface area contributed by atoms with Gasteiger partial charge in [0.2, 0.25) is 10.0 Å². The summed E-state index contributed by atoms with van der Waals surface area (Å²) in [6.45, 7) is 0. The van der Waals surface area contributed by atoms with Crippen LogP contribution in [0.5, 0.6) is 0 Å². The third kappa shape index (κ3) is 3.28. The topological polar surface area (TPSA) is 89.3 Å². The zero-order valence-electron chi connectivity index (χ0n) is 12.6. The van der Waals surface area contributed by atoms with Gasteiger partial charge in [-0.2, -0.15) is 0 Å². The number of nitrogens with one attached hydrogen (secondary N) is 1. The van der Waals surface area contributed by atoms with Crippen LogP contribution < -0.4 is 4.72 Å². The summed E-state index contributed by atoms with van der Waals surface area (Å²) in [5.74, 6) is 0. The normalized spacial score (nSPS) is 17.3. The van der Waals surface area contributed by atoms with Gasteiger partial charge in [0.15, 0.2) is 0 Å². The second-order valence-corrected chi connectivity index (χ2v) is 7.76. The van der Waals surface area contributed by atoms with E-state index in [0.717, 1.165) is 30.0 Å². The first-order chi connectivity index (χ1) is 11.4. The van der Waals surface area contributed by atoms with Gasteiger partial charge in [-0.05, 0) is 42.5 Å². The Hall–Kier alpha value is -1.96. The van der Waals surface area contributed by atoms with Crippen molar-refractivity contribution in [2.45, 2.75) is 30.2 Å². The van der Waals surface area contributed by atoms with Gasteiger partial charge in [-0.25, -0.2) is 13.1 Å². The first-order valence-corrected chi connectivity index (χ1v) is 9.28. The van der Waals surface area contributed by atoms with E-state index >= 15 is 0 Å². The monoisotopic (exact) mass is 366 g/mol. The minimum absolute atomic E-state index is 0.0954. The number of aryl methyl sites for hydroxylation is 1. The average Bonchev–Trinajstić information content (AvgIpc) is 2.55. The van der Waals surface area contributed by atoms with Crippen molar-refractivity contribution in [1.29, 1.82) is 0 Å². The summed E-state index contributed by atoms with van der Waals surface area (Å²) >= 11 is 5.74. The van der Waals surface area contributed by atoms with E-state index in [1.54, 1.807) is 0 Å². The van der Waals surface area contributed by atoms with Crippen LogP contribution in [0.1, 0.15) is 30.0 Å². The Morgan fingerprint density at radius 3 is 2.71 bits per heavy atom. The molecular formula is C16H15ClN2O4S. The number of hydrogen-bond donors (Lipinski definition) is 1. The van der Waals surface area contributed by atoms with Crippen LogP contribution in [-0.4, -0.2) is 13.3 Å². The molecule has 0 radical (unpaired) electrons. The van der Waals surface area contributed by atoms with Gasteiger partial charge in [0.05, 0.1) is 9.82 Å². The lowest BCUT2D eigenvalue weighted by molar-refractivity contribution is -0.384. The molecule has 2 aromatic rings. The van der Waals surface area contributed by atoms with Crippen molar-refractivity contribution in [3.05, 3.63) is 68.7 Å². The van der Waals surface area contributed by atoms with Gasteiger partial charge in [0.1, 0.15) is 5.02 Å². The highest BCUT2D eigenvalue weighted by Crippen LogP contribution is 2.32. The van der Waals surface area contributed by atoms with Gasteiger partial charge < -0.3 is 0 Å². The minimum atomic E-state index is -3.89. The fourth-order valence-corrected chi connectivity index (χ4v) is 4.39. The largest absolute Gasteiger partial charge is 0.289 e. The van der Waals surface area contributed by atoms with E-state index in [4.69, 9.17) is 11.6 Å². The van der Waals surface area contributed by atoms with Crippen molar-refractivity contribution in [3.63, 3.8) is 0 Å². The maximum atomic E-state index is 12.6. The van der Waals surface area contributed by atoms with E-state index < -0.39 is 20.6 Å². The number of rotatable bonds is 4. The highest BCUT2D eigenvalue weighted by Gasteiger charge is 2.27. The maximum Gasteiger partial charge on any atom is 0.289 e. The molecule has 0 aromatic heterocycles. The van der Waals surface area contributed by atoms with Crippen LogP contribution in [0.25, 0.3) is 0 Å². The Morgan fingerprint density at radius 2 is 1.96 bits per heavy atom. The van der Waals surface area contributed by atoms with E-state index in [1.807, 2.05) is 24.3 Å². The molecular weight excluding hydrogens is 352 g/mol. The van der Waals surface area contributed by atoms with Crippen molar-refractivity contribution in [2.75, 3.05) is 0 Å². The maximum absolute atomic E-state index is 12.6. The molecule has 0 fully saturated rings. The van der Waals surface area contributed by atoms with E-state index in [0.29, 0.717) is 6.42 Å². The average molecular weight is 367 g/mol. The summed E-state index contributed by atoms with van der Waals surface area (Å²) < 4.78 is 27.9. The number of nitro groups is 1. The molecule has 8 heteroatoms. The fourth-order valence-electron chi connectivity index (χ4n) is 2.93. The standard InChI is InChI=1S/C16H15ClN2O4S/c17-14-9-8-12(10-16(14)19(20)21)24(22,23)18-15-7-3-5-11-4-1-2-6-13(11)15/h1-2,4,6,8-10,15,18H,3,5,7H2/t15-/m1/s1. The quantitative estimate of drug-likeness (QED) is 0.661. The lowest BCUT2D eigenvalue weighted by Crippen LogP contribution is -2.31. The summed E-state index contributed by atoms with van der Waals surface area (Å²) in [6, 6.07) is 10.8. The summed E-state index contributed by atoms with van der Waals surface area (Å²) in [7, 11) is -3.89. The molecule has 1 aliphatic carbocycles. The zero-order chi connectivity index (χ0) is 17.3. The summed E-state index contributed by atoms with van der Waals surface area (Å²) in [5, 5.41) is 10.9. The van der Waals surface area contributed by atoms with Crippen LogP contribution in [0, 0.1) is 10.1 Å². The first-order valence-electron chi connectivity index (χ1n) is 7.42. The zero-order valence-corrected chi connectivity index (χ0v) is 14.2. The molecule has 0 amide bonds. The lowest BCUT2D eigenvalue weighted by Gasteiger charge is -2.26. The predicted molar refractivity (Wildman–Crippen MR) is 90.5 cm³/mol. The molecule has 1 atom stereocenters. The highest BCUT2D eigenvalue weighted by molar-refractivity contribution is 7.89. The molecule has 24 heavy (non-hydrogen) atoms. The van der Waals surface area contributed by atoms with Crippen molar-refractivity contribution < 1.29 is 13.3 Å². The number of benzene rings is 2. The number of nitrogens with zero attached hydrogens (tertiary/aromatic N) is 1. The SMILES string of the molecule is O=[N+]([O-])c1cc(S(=O)(=O)N[C@@H]2CCCc3ccccc32)ccc1Cl. The number of halogens is 1. The highest BCUT2D eigenvalue weighted by atomic mass is 35.5. The fraction of sp³-hybridized carbons (Fsp3) is 0.250. The summed E-state index contributed by atoms with van der Waals surface area (Å²) in [5.41, 5.74) is 1.65. The third-order valence-electron chi connectivity index (χ3n) is 4.09. The van der Waals surface area contributed by atoms with Gasteiger partial charge in [-0.15, -0.1) is 0 Å². The van der Waals surface area contributed by atoms with E-state index in [1.165, 1.54) is 12.1 Å². The Balaban J connectivity index is 1.93. The molecule has 0 spiro atoms. The van der Waals surface area contributed by atoms with Crippen molar-refractivity contribution >= 4 is 27.3 Å². The van der Waals surface area contributed by atoms with E-state index in [9.17, 15) is 18.5 Å². The van der Waals surface area contributed by atoms with Crippen LogP contribution in [0.4, 0.5) is 5.69 Å². The molecule has 0 saturated heterocycles. The van der Waals surface area contributed by atoms with Gasteiger partial charge in [-0.3, -0.25) is 10.1 Å². The molecule has 0 heterocycles. The molecule has 126 valence electrons. The van der Waals surface area contributed by atoms with Crippen LogP contribution in [0.2, 0.25) is 5.02 Å². The Morgan fingerprint density at radius 1 is 1.21 bits per heavy atom. The number of nitro benzene ring substituents is 1. The van der Waals surface area contributed by atoms with Gasteiger partial charge in [0, 0.05) is 12.1 Å². The smallest absolute Gasteiger partial charge is 0.258 e. The van der Waals surface area contributed by atoms with Crippen molar-refractivity contribution in [2.24, 2.45) is 0 Å². The van der Waals surface area contributed by atoms with Crippen molar-refractivity contribution in [1.82, 2.24) is 4.72 Å². The van der Waals surface area contributed by atoms with Crippen LogP contribution >= 0.6 is 11.6 Å². The molecule has 0 bridgehead atoms. The molecule has 0 saturated carbocycles. The number of hydrogen-bond acceptors (Lipinski definition) is 4. The lowest BCUT2D eigenvalue weighted by atomic mass is 9.88. The Kier molecular flexibility index (Phi) is 4.58. The molecule has 1 N–H and O–H groups in total. The Labute approximate surface area is 144 Å². The van der Waals surface area contributed by atoms with E-state index in [-0.39, 0.29) is 16.0 Å². The third-order valence-corrected chi connectivity index (χ3v) is 5.88. The Bertz CT molecular complexity index is 899. The van der Waals surface area contributed by atoms with Crippen LogP contribution in [0.15, 0.2) is 47.4 Å². The number of sulfonamides is 1. The van der Waals surface area contributed by atoms with E-state index in [2.05, 4.69) is 4.72 Å². The van der Waals surface area contributed by atoms with Crippen LogP contribution in [0.3, 0.4) is 0 Å². The van der Waals surface area contributed by atoms with Crippen molar-refractivity contribution in [3.8, 4) is 0 Å². The van der Waals surface area contributed by atoms with Crippen LogP contribution in [-0.2, 0) is 16.4 Å². The van der Waals surface area contributed by atoms with Gasteiger partial charge in [0.25, 0.3) is 5.69 Å². The second-order valence-electron chi connectivity index (χ2n) is 5.64. The predicted octanol–water partition coefficient (Wildman–Crippen LogP) is 3.60. The summed E-state index contributed by atoms with van der Waals surface area (Å²) in [4.78, 5) is 10.1.